The minimum Gasteiger partial charge on any atom is -1.00 e. The largest absolute Gasteiger partial charge is 1.00 e. The van der Waals surface area contributed by atoms with Crippen LogP contribution in [0.5, 0.6) is 57.5 Å². The second-order valence-corrected chi connectivity index (χ2v) is 18.2. The van der Waals surface area contributed by atoms with Crippen LogP contribution in [-0.4, -0.2) is 145 Å². The molecule has 4 aromatic carbocycles. The smallest absolute Gasteiger partial charge is 0.305 e. The monoisotopic (exact) mass is 1040 g/mol. The minimum absolute atomic E-state index is 0. The van der Waals surface area contributed by atoms with Gasteiger partial charge in [0.05, 0.1) is 125 Å². The standard InChI is InChI=1S/C54H74N2O14.2ClH/c1-55(23-19-35-27-41(59-3)43(61-5)33-39(35)51(55)37-29-45(63-7)53(67-11)46(30-37)64-8)21-15-25-69-49(57)17-13-14-18-50(58)70-26-16-22-56(2)24-20-36-28-42(60-4)44(62-6)34-40(36)52(56)38-31-47(65-9)54(68-12)48(32-38)66-10;;/h27-34,51-52H,13-26H2,1-12H3;2*1H/q+2;;/p-2/t51-,52+,55-,56+;;. The van der Waals surface area contributed by atoms with Crippen LogP contribution in [0.15, 0.2) is 48.5 Å². The number of fused-ring (bicyclic) bond motifs is 2. The van der Waals surface area contributed by atoms with Crippen LogP contribution in [0.1, 0.15) is 84.0 Å². The van der Waals surface area contributed by atoms with Crippen LogP contribution in [0.25, 0.3) is 0 Å². The van der Waals surface area contributed by atoms with E-state index >= 15 is 0 Å². The SMILES string of the molecule is COc1cc2c(cc1OC)[C@@H](c1cc(OC)c(OC)c(OC)c1)[N@+](C)(CCCOC(=O)CCCCC(=O)OCCC[N@@+]1(C)CCc3cc(OC)c(OC)cc3[C@@H]1c1cc(OC)c(OC)c(OC)c1)CC2.[Cl-].[Cl-]. The molecule has 4 aromatic rings. The molecule has 0 aromatic heterocycles. The molecular weight excluding hydrogens is 971 g/mol. The number of rotatable bonds is 25. The number of benzene rings is 4. The molecule has 72 heavy (non-hydrogen) atoms. The fourth-order valence-corrected chi connectivity index (χ4v) is 10.5. The van der Waals surface area contributed by atoms with Gasteiger partial charge in [-0.15, -0.1) is 0 Å². The van der Waals surface area contributed by atoms with Gasteiger partial charge in [0.25, 0.3) is 0 Å². The number of likely N-dealkylation sites (N-methyl/N-ethyl adjacent to an activating group) is 2. The molecule has 0 saturated carbocycles. The first kappa shape index (κ1) is 58.9. The maximum absolute atomic E-state index is 12.9. The summed E-state index contributed by atoms with van der Waals surface area (Å²) >= 11 is 0. The van der Waals surface area contributed by atoms with Crippen molar-refractivity contribution in [2.24, 2.45) is 0 Å². The Labute approximate surface area is 437 Å². The molecule has 4 atom stereocenters. The molecule has 0 saturated heterocycles. The third-order valence-corrected chi connectivity index (χ3v) is 14.1. The summed E-state index contributed by atoms with van der Waals surface area (Å²) in [5, 5.41) is 0. The van der Waals surface area contributed by atoms with Crippen LogP contribution >= 0.6 is 0 Å². The van der Waals surface area contributed by atoms with Gasteiger partial charge in [0.15, 0.2) is 46.0 Å². The van der Waals surface area contributed by atoms with Crippen molar-refractivity contribution < 1.29 is 100 Å². The summed E-state index contributed by atoms with van der Waals surface area (Å²) in [5.41, 5.74) is 6.57. The molecule has 0 N–H and O–H groups in total. The number of hydrogen-bond acceptors (Lipinski definition) is 14. The quantitative estimate of drug-likeness (QED) is 0.0543. The average molecular weight is 1050 g/mol. The number of carbonyl (C=O) groups is 2. The predicted octanol–water partition coefficient (Wildman–Crippen LogP) is 2.09. The number of ether oxygens (including phenoxy) is 12. The summed E-state index contributed by atoms with van der Waals surface area (Å²) in [7, 11) is 20.7. The Kier molecular flexibility index (Phi) is 22.0. The fourth-order valence-electron chi connectivity index (χ4n) is 10.5. The molecule has 0 bridgehead atoms. The van der Waals surface area contributed by atoms with Crippen molar-refractivity contribution in [2.45, 2.75) is 63.5 Å². The molecule has 2 heterocycles. The molecule has 398 valence electrons. The first-order chi connectivity index (χ1) is 33.8. The first-order valence-corrected chi connectivity index (χ1v) is 23.9. The summed E-state index contributed by atoms with van der Waals surface area (Å²) in [6.45, 7) is 3.69. The number of quaternary nitrogens is 2. The number of nitrogens with zero attached hydrogens (tertiary/aromatic N) is 2. The van der Waals surface area contributed by atoms with Gasteiger partial charge in [-0.05, 0) is 72.5 Å². The maximum Gasteiger partial charge on any atom is 0.305 e. The fraction of sp³-hybridized carbons (Fsp3) is 0.519. The summed E-state index contributed by atoms with van der Waals surface area (Å²) in [6, 6.07) is 16.0. The molecule has 0 fully saturated rings. The van der Waals surface area contributed by atoms with Crippen LogP contribution in [-0.2, 0) is 31.9 Å². The van der Waals surface area contributed by atoms with Gasteiger partial charge in [-0.25, -0.2) is 0 Å². The lowest BCUT2D eigenvalue weighted by Gasteiger charge is -2.46. The third-order valence-electron chi connectivity index (χ3n) is 14.1. The molecule has 0 amide bonds. The van der Waals surface area contributed by atoms with Crippen molar-refractivity contribution in [1.29, 1.82) is 0 Å². The highest BCUT2D eigenvalue weighted by atomic mass is 35.5. The van der Waals surface area contributed by atoms with E-state index in [2.05, 4.69) is 38.4 Å². The van der Waals surface area contributed by atoms with E-state index in [1.54, 1.807) is 71.1 Å². The number of halogens is 2. The van der Waals surface area contributed by atoms with Crippen molar-refractivity contribution in [3.05, 3.63) is 81.9 Å². The van der Waals surface area contributed by atoms with Gasteiger partial charge in [-0.2, -0.15) is 0 Å². The summed E-state index contributed by atoms with van der Waals surface area (Å²) in [4.78, 5) is 25.9. The van der Waals surface area contributed by atoms with Gasteiger partial charge < -0.3 is 90.6 Å². The first-order valence-electron chi connectivity index (χ1n) is 23.9. The van der Waals surface area contributed by atoms with E-state index < -0.39 is 0 Å². The van der Waals surface area contributed by atoms with Crippen LogP contribution in [0, 0.1) is 0 Å². The van der Waals surface area contributed by atoms with E-state index in [0.29, 0.717) is 92.1 Å². The minimum atomic E-state index is -0.282. The highest BCUT2D eigenvalue weighted by Crippen LogP contribution is 2.50. The average Bonchev–Trinajstić information content (AvgIpc) is 3.38. The lowest BCUT2D eigenvalue weighted by Crippen LogP contribution is -3.00. The van der Waals surface area contributed by atoms with Gasteiger partial charge in [0.1, 0.15) is 12.1 Å². The van der Waals surface area contributed by atoms with Gasteiger partial charge >= 0.3 is 11.9 Å². The van der Waals surface area contributed by atoms with Crippen LogP contribution in [0.2, 0.25) is 0 Å². The molecule has 0 aliphatic carbocycles. The number of carbonyl (C=O) groups excluding carboxylic acids is 2. The zero-order valence-electron chi connectivity index (χ0n) is 44.0. The Morgan fingerprint density at radius 3 is 1.03 bits per heavy atom. The van der Waals surface area contributed by atoms with E-state index in [0.717, 1.165) is 61.3 Å². The lowest BCUT2D eigenvalue weighted by atomic mass is 9.85. The molecule has 2 aliphatic heterocycles. The van der Waals surface area contributed by atoms with Gasteiger partial charge in [-0.3, -0.25) is 9.59 Å². The number of methoxy groups -OCH3 is 10. The molecule has 2 aliphatic rings. The molecule has 6 rings (SSSR count). The van der Waals surface area contributed by atoms with E-state index in [9.17, 15) is 9.59 Å². The van der Waals surface area contributed by atoms with Gasteiger partial charge in [-0.1, -0.05) is 0 Å². The van der Waals surface area contributed by atoms with Crippen LogP contribution in [0.4, 0.5) is 0 Å². The zero-order chi connectivity index (χ0) is 50.6. The van der Waals surface area contributed by atoms with Crippen molar-refractivity contribution in [1.82, 2.24) is 0 Å². The third kappa shape index (κ3) is 12.9. The van der Waals surface area contributed by atoms with Gasteiger partial charge in [0.2, 0.25) is 11.5 Å². The number of esters is 2. The highest BCUT2D eigenvalue weighted by molar-refractivity contribution is 5.70. The summed E-state index contributed by atoms with van der Waals surface area (Å²) in [6.07, 6.45) is 4.43. The van der Waals surface area contributed by atoms with Crippen molar-refractivity contribution in [3.8, 4) is 57.5 Å². The van der Waals surface area contributed by atoms with Crippen molar-refractivity contribution >= 4 is 11.9 Å². The van der Waals surface area contributed by atoms with E-state index in [-0.39, 0.29) is 74.9 Å². The zero-order valence-corrected chi connectivity index (χ0v) is 45.6. The molecular formula is C54H74Cl2N2O14. The highest BCUT2D eigenvalue weighted by Gasteiger charge is 2.43. The summed E-state index contributed by atoms with van der Waals surface area (Å²) in [5.74, 6) is 5.43. The molecule has 0 unspecified atom stereocenters. The lowest BCUT2D eigenvalue weighted by molar-refractivity contribution is -0.935. The van der Waals surface area contributed by atoms with Gasteiger partial charge in [0, 0.05) is 60.8 Å². The van der Waals surface area contributed by atoms with Crippen molar-refractivity contribution in [2.75, 3.05) is 125 Å². The van der Waals surface area contributed by atoms with E-state index in [1.807, 2.05) is 24.3 Å². The summed E-state index contributed by atoms with van der Waals surface area (Å²) < 4.78 is 70.0. The molecule has 0 radical (unpaired) electrons. The number of unbranched alkanes of at least 4 members (excludes halogenated alkanes) is 1. The predicted molar refractivity (Wildman–Crippen MR) is 264 cm³/mol. The Balaban J connectivity index is 0.00000562. The normalized spacial score (nSPS) is 18.6. The molecule has 0 spiro atoms. The Morgan fingerprint density at radius 2 is 0.736 bits per heavy atom. The van der Waals surface area contributed by atoms with E-state index in [1.165, 1.54) is 11.1 Å². The van der Waals surface area contributed by atoms with Crippen LogP contribution < -0.4 is 72.2 Å². The molecule has 16 nitrogen and oxygen atoms in total. The number of hydrogen-bond donors (Lipinski definition) is 0. The van der Waals surface area contributed by atoms with Crippen LogP contribution in [0.3, 0.4) is 0 Å². The molecule has 18 heteroatoms. The Hall–Kier alpha value is -5.68. The second kappa shape index (κ2) is 26.9. The Bertz CT molecular complexity index is 2240. The van der Waals surface area contributed by atoms with E-state index in [4.69, 9.17) is 56.8 Å². The maximum atomic E-state index is 12.9. The Morgan fingerprint density at radius 1 is 0.431 bits per heavy atom. The topological polar surface area (TPSA) is 145 Å². The second-order valence-electron chi connectivity index (χ2n) is 18.2. The van der Waals surface area contributed by atoms with Crippen molar-refractivity contribution in [3.63, 3.8) is 0 Å².